The minimum absolute atomic E-state index is 0.103. The highest BCUT2D eigenvalue weighted by Crippen LogP contribution is 2.43. The van der Waals surface area contributed by atoms with Crippen LogP contribution in [0.4, 0.5) is 8.78 Å². The molecule has 1 fully saturated rings. The lowest BCUT2D eigenvalue weighted by Crippen LogP contribution is -2.36. The molecule has 0 radical (unpaired) electrons. The normalized spacial score (nSPS) is 19.9. The Labute approximate surface area is 193 Å². The van der Waals surface area contributed by atoms with Crippen LogP contribution in [-0.2, 0) is 6.42 Å². The summed E-state index contributed by atoms with van der Waals surface area (Å²) in [5.74, 6) is -1.35. The highest BCUT2D eigenvalue weighted by atomic mass is 19.1. The monoisotopic (exact) mass is 449 g/mol. The third kappa shape index (κ3) is 5.01. The number of hydrogen-bond donors (Lipinski definition) is 1. The Morgan fingerprint density at radius 1 is 1.15 bits per heavy atom. The van der Waals surface area contributed by atoms with Crippen LogP contribution in [0.3, 0.4) is 0 Å². The van der Waals surface area contributed by atoms with Crippen molar-refractivity contribution < 1.29 is 13.6 Å². The quantitative estimate of drug-likeness (QED) is 0.502. The largest absolute Gasteiger partial charge is 0.328 e. The average Bonchev–Trinajstić information content (AvgIpc) is 2.76. The van der Waals surface area contributed by atoms with Gasteiger partial charge >= 0.3 is 0 Å². The number of ketones is 1. The SMILES string of the molecule is Cc1ccc(F)c(-c2cccc(C(=O)Cc3cnccc3[C@H]3C[C@@H](N)CC(C)(C)C3)n2)c1F. The molecule has 33 heavy (non-hydrogen) atoms. The molecule has 1 saturated carbocycles. The number of pyridine rings is 2. The van der Waals surface area contributed by atoms with E-state index in [0.717, 1.165) is 30.4 Å². The van der Waals surface area contributed by atoms with Crippen molar-refractivity contribution in [1.29, 1.82) is 0 Å². The maximum Gasteiger partial charge on any atom is 0.185 e. The van der Waals surface area contributed by atoms with Gasteiger partial charge in [-0.15, -0.1) is 0 Å². The summed E-state index contributed by atoms with van der Waals surface area (Å²) in [6.45, 7) is 6.02. The predicted molar refractivity (Wildman–Crippen MR) is 125 cm³/mol. The van der Waals surface area contributed by atoms with Gasteiger partial charge in [0.1, 0.15) is 17.3 Å². The van der Waals surface area contributed by atoms with Crippen molar-refractivity contribution in [1.82, 2.24) is 9.97 Å². The Morgan fingerprint density at radius 2 is 1.94 bits per heavy atom. The Morgan fingerprint density at radius 3 is 2.70 bits per heavy atom. The molecule has 2 heterocycles. The molecule has 1 aliphatic rings. The van der Waals surface area contributed by atoms with Crippen molar-refractivity contribution in [3.05, 3.63) is 82.8 Å². The molecule has 2 aromatic heterocycles. The molecule has 4 nitrogen and oxygen atoms in total. The minimum atomic E-state index is -0.707. The highest BCUT2D eigenvalue weighted by molar-refractivity contribution is 5.96. The fourth-order valence-electron chi connectivity index (χ4n) is 5.10. The molecular weight excluding hydrogens is 420 g/mol. The zero-order valence-corrected chi connectivity index (χ0v) is 19.2. The van der Waals surface area contributed by atoms with Crippen LogP contribution in [0.15, 0.2) is 48.8 Å². The summed E-state index contributed by atoms with van der Waals surface area (Å²) < 4.78 is 29.0. The summed E-state index contributed by atoms with van der Waals surface area (Å²) in [5.41, 5.74) is 8.77. The summed E-state index contributed by atoms with van der Waals surface area (Å²) in [7, 11) is 0. The molecule has 2 atom stereocenters. The molecule has 0 spiro atoms. The van der Waals surface area contributed by atoms with Gasteiger partial charge in [0.25, 0.3) is 0 Å². The van der Waals surface area contributed by atoms with Crippen LogP contribution < -0.4 is 5.73 Å². The Bertz CT molecular complexity index is 1190. The summed E-state index contributed by atoms with van der Waals surface area (Å²) in [5, 5.41) is 0. The zero-order valence-electron chi connectivity index (χ0n) is 19.2. The second-order valence-electron chi connectivity index (χ2n) is 9.90. The molecule has 1 aliphatic carbocycles. The molecule has 3 aromatic rings. The van der Waals surface area contributed by atoms with E-state index >= 15 is 0 Å². The summed E-state index contributed by atoms with van der Waals surface area (Å²) in [6.07, 6.45) is 6.43. The van der Waals surface area contributed by atoms with Crippen LogP contribution in [0.25, 0.3) is 11.3 Å². The lowest BCUT2D eigenvalue weighted by Gasteiger charge is -2.39. The topological polar surface area (TPSA) is 68.9 Å². The second kappa shape index (κ2) is 9.10. The summed E-state index contributed by atoms with van der Waals surface area (Å²) in [4.78, 5) is 21.7. The van der Waals surface area contributed by atoms with Crippen molar-refractivity contribution in [2.45, 2.75) is 58.4 Å². The summed E-state index contributed by atoms with van der Waals surface area (Å²) in [6, 6.07) is 9.37. The van der Waals surface area contributed by atoms with Gasteiger partial charge in [-0.2, -0.15) is 0 Å². The third-order valence-corrected chi connectivity index (χ3v) is 6.51. The van der Waals surface area contributed by atoms with Crippen LogP contribution in [0, 0.1) is 24.0 Å². The number of Topliss-reactive ketones (excluding diaryl/α,β-unsaturated/α-hetero) is 1. The maximum atomic E-state index is 14.6. The standard InChI is InChI=1S/C27H29F2N3O/c1-16-7-8-21(28)25(26(16)29)23-6-4-5-22(32-23)24(33)12-18-15-31-10-9-20(18)17-11-19(30)14-27(2,3)13-17/h4-10,15,17,19H,11-14,30H2,1-3H3/t17-,19+/m0/s1. The van der Waals surface area contributed by atoms with Crippen LogP contribution in [0.2, 0.25) is 0 Å². The number of aryl methyl sites for hydroxylation is 1. The first kappa shape index (κ1) is 23.2. The van der Waals surface area contributed by atoms with Crippen LogP contribution in [0.5, 0.6) is 0 Å². The number of nitrogens with zero attached hydrogens (tertiary/aromatic N) is 2. The van der Waals surface area contributed by atoms with E-state index in [0.29, 0.717) is 5.56 Å². The zero-order chi connectivity index (χ0) is 23.8. The Hall–Kier alpha value is -2.99. The molecule has 2 N–H and O–H groups in total. The van der Waals surface area contributed by atoms with E-state index in [9.17, 15) is 13.6 Å². The number of halogens is 2. The molecule has 0 unspecified atom stereocenters. The summed E-state index contributed by atoms with van der Waals surface area (Å²) >= 11 is 0. The van der Waals surface area contributed by atoms with Gasteiger partial charge in [-0.25, -0.2) is 13.8 Å². The average molecular weight is 450 g/mol. The number of hydrogen-bond acceptors (Lipinski definition) is 4. The fourth-order valence-corrected chi connectivity index (χ4v) is 5.10. The number of carbonyl (C=O) groups excluding carboxylic acids is 1. The molecule has 1 aromatic carbocycles. The first-order chi connectivity index (χ1) is 15.6. The smallest absolute Gasteiger partial charge is 0.185 e. The first-order valence-electron chi connectivity index (χ1n) is 11.3. The van der Waals surface area contributed by atoms with E-state index in [2.05, 4.69) is 23.8 Å². The Kier molecular flexibility index (Phi) is 6.39. The van der Waals surface area contributed by atoms with Gasteiger partial charge in [0.2, 0.25) is 0 Å². The highest BCUT2D eigenvalue weighted by Gasteiger charge is 2.34. The van der Waals surface area contributed by atoms with Crippen LogP contribution in [0.1, 0.15) is 66.2 Å². The van der Waals surface area contributed by atoms with E-state index in [1.165, 1.54) is 18.2 Å². The molecule has 172 valence electrons. The number of aromatic nitrogens is 2. The van der Waals surface area contributed by atoms with Gasteiger partial charge in [-0.3, -0.25) is 9.78 Å². The number of benzene rings is 1. The number of carbonyl (C=O) groups is 1. The van der Waals surface area contributed by atoms with Crippen LogP contribution >= 0.6 is 0 Å². The molecule has 4 rings (SSSR count). The van der Waals surface area contributed by atoms with Crippen molar-refractivity contribution in [3.8, 4) is 11.3 Å². The molecule has 0 aliphatic heterocycles. The van der Waals surface area contributed by atoms with Gasteiger partial charge in [0, 0.05) is 24.9 Å². The van der Waals surface area contributed by atoms with E-state index < -0.39 is 11.6 Å². The minimum Gasteiger partial charge on any atom is -0.328 e. The Balaban J connectivity index is 1.62. The predicted octanol–water partition coefficient (Wildman–Crippen LogP) is 5.78. The van der Waals surface area contributed by atoms with Crippen molar-refractivity contribution >= 4 is 5.78 Å². The van der Waals surface area contributed by atoms with Gasteiger partial charge in [-0.1, -0.05) is 26.0 Å². The van der Waals surface area contributed by atoms with Crippen molar-refractivity contribution in [2.75, 3.05) is 0 Å². The number of rotatable bonds is 5. The van der Waals surface area contributed by atoms with Crippen molar-refractivity contribution in [2.24, 2.45) is 11.1 Å². The lowest BCUT2D eigenvalue weighted by molar-refractivity contribution is 0.0987. The number of nitrogens with two attached hydrogens (primary N) is 1. The molecular formula is C27H29F2N3O. The molecule has 0 bridgehead atoms. The van der Waals surface area contributed by atoms with Gasteiger partial charge in [-0.05, 0) is 78.5 Å². The first-order valence-corrected chi connectivity index (χ1v) is 11.3. The molecule has 0 amide bonds. The van der Waals surface area contributed by atoms with E-state index in [1.807, 2.05) is 6.07 Å². The molecule has 0 saturated heterocycles. The van der Waals surface area contributed by atoms with E-state index in [-0.39, 0.29) is 46.5 Å². The van der Waals surface area contributed by atoms with Gasteiger partial charge in [0.15, 0.2) is 5.78 Å². The van der Waals surface area contributed by atoms with Gasteiger partial charge < -0.3 is 5.73 Å². The molecule has 6 heteroatoms. The van der Waals surface area contributed by atoms with E-state index in [1.54, 1.807) is 31.5 Å². The second-order valence-corrected chi connectivity index (χ2v) is 9.90. The van der Waals surface area contributed by atoms with E-state index in [4.69, 9.17) is 5.73 Å². The maximum absolute atomic E-state index is 14.6. The van der Waals surface area contributed by atoms with Gasteiger partial charge in [0.05, 0.1) is 11.3 Å². The lowest BCUT2D eigenvalue weighted by atomic mass is 9.68. The van der Waals surface area contributed by atoms with Crippen molar-refractivity contribution in [3.63, 3.8) is 0 Å². The third-order valence-electron chi connectivity index (χ3n) is 6.51. The van der Waals surface area contributed by atoms with Crippen LogP contribution in [-0.4, -0.2) is 21.8 Å². The fraction of sp³-hybridized carbons (Fsp3) is 0.370.